The number of aliphatic hydroxyl groups excluding tert-OH is 1. The van der Waals surface area contributed by atoms with E-state index in [9.17, 15) is 14.7 Å². The fourth-order valence-corrected chi connectivity index (χ4v) is 6.80. The number of carbonyl (C=O) groups is 2. The summed E-state index contributed by atoms with van der Waals surface area (Å²) < 4.78 is 67.9. The Kier molecular flexibility index (Phi) is 21.6. The van der Waals surface area contributed by atoms with E-state index in [2.05, 4.69) is 17.1 Å². The minimum atomic E-state index is -0.886. The number of carboxylic acid groups (broad SMARTS) is 1. The van der Waals surface area contributed by atoms with Crippen molar-refractivity contribution in [2.75, 3.05) is 133 Å². The summed E-state index contributed by atoms with van der Waals surface area (Å²) in [6, 6.07) is 7.38. The topological polar surface area (TPSA) is 219 Å². The van der Waals surface area contributed by atoms with Crippen molar-refractivity contribution in [3.8, 4) is 23.0 Å². The van der Waals surface area contributed by atoms with E-state index < -0.39 is 18.0 Å². The van der Waals surface area contributed by atoms with Gasteiger partial charge in [0.2, 0.25) is 0 Å². The summed E-state index contributed by atoms with van der Waals surface area (Å²) in [5.41, 5.74) is 4.50. The third-order valence-electron chi connectivity index (χ3n) is 9.95. The van der Waals surface area contributed by atoms with Gasteiger partial charge in [-0.05, 0) is 36.8 Å². The third kappa shape index (κ3) is 15.9. The van der Waals surface area contributed by atoms with Crippen LogP contribution in [0.1, 0.15) is 41.5 Å². The van der Waals surface area contributed by atoms with Gasteiger partial charge in [0.05, 0.1) is 132 Å². The lowest BCUT2D eigenvalue weighted by Crippen LogP contribution is -2.43. The Morgan fingerprint density at radius 1 is 0.794 bits per heavy atom. The summed E-state index contributed by atoms with van der Waals surface area (Å²) in [4.78, 5) is 28.8. The summed E-state index contributed by atoms with van der Waals surface area (Å²) in [6.45, 7) is 12.3. The average Bonchev–Trinajstić information content (AvgIpc) is 3.73. The molecule has 350 valence electrons. The first-order valence-corrected chi connectivity index (χ1v) is 21.2. The number of benzene rings is 2. The molecule has 0 saturated carbocycles. The fourth-order valence-electron chi connectivity index (χ4n) is 6.80. The number of amides is 1. The molecule has 19 nitrogen and oxygen atoms in total. The Hall–Kier alpha value is -4.57. The van der Waals surface area contributed by atoms with Gasteiger partial charge >= 0.3 is 5.97 Å². The number of nitrogens with one attached hydrogen (secondary N) is 1. The molecule has 0 spiro atoms. The van der Waals surface area contributed by atoms with Gasteiger partial charge in [-0.15, -0.1) is 0 Å². The van der Waals surface area contributed by atoms with E-state index in [1.54, 1.807) is 13.2 Å². The number of carboxylic acids is 1. The normalized spacial score (nSPS) is 17.7. The summed E-state index contributed by atoms with van der Waals surface area (Å²) >= 11 is 0. The van der Waals surface area contributed by atoms with Gasteiger partial charge in [-0.3, -0.25) is 9.59 Å². The molecule has 19 heteroatoms. The zero-order valence-corrected chi connectivity index (χ0v) is 36.3. The largest absolute Gasteiger partial charge is 0.496 e. The van der Waals surface area contributed by atoms with Crippen LogP contribution in [-0.2, 0) is 65.3 Å². The predicted molar refractivity (Wildman–Crippen MR) is 225 cm³/mol. The molecule has 3 heterocycles. The van der Waals surface area contributed by atoms with Crippen LogP contribution in [0.15, 0.2) is 41.6 Å². The van der Waals surface area contributed by atoms with E-state index in [0.29, 0.717) is 134 Å². The van der Waals surface area contributed by atoms with Gasteiger partial charge in [0.15, 0.2) is 6.61 Å². The van der Waals surface area contributed by atoms with Crippen molar-refractivity contribution in [2.45, 2.75) is 44.5 Å². The Morgan fingerprint density at radius 3 is 1.90 bits per heavy atom. The van der Waals surface area contributed by atoms with Gasteiger partial charge < -0.3 is 77.2 Å². The number of rotatable bonds is 33. The smallest absolute Gasteiger partial charge is 0.305 e. The molecule has 0 bridgehead atoms. The van der Waals surface area contributed by atoms with Gasteiger partial charge in [-0.25, -0.2) is 0 Å². The van der Waals surface area contributed by atoms with E-state index in [0.717, 1.165) is 28.0 Å². The van der Waals surface area contributed by atoms with Gasteiger partial charge in [-0.2, -0.15) is 0 Å². The Bertz CT molecular complexity index is 1770. The van der Waals surface area contributed by atoms with Crippen molar-refractivity contribution >= 4 is 17.6 Å². The van der Waals surface area contributed by atoms with Crippen LogP contribution in [0.3, 0.4) is 0 Å². The van der Waals surface area contributed by atoms with Crippen molar-refractivity contribution in [2.24, 2.45) is 5.16 Å². The predicted octanol–water partition coefficient (Wildman–Crippen LogP) is 2.45. The molecule has 3 aliphatic rings. The number of ether oxygens (including phenoxy) is 12. The maximum absolute atomic E-state index is 12.7. The summed E-state index contributed by atoms with van der Waals surface area (Å²) in [6.07, 6.45) is -0.0390. The number of carbonyl (C=O) groups excluding carboxylic acids is 1. The zero-order chi connectivity index (χ0) is 44.7. The molecule has 0 aliphatic carbocycles. The lowest BCUT2D eigenvalue weighted by atomic mass is 9.80. The SMILES string of the molecule is C=C(C)[C@H]1Cc2c(ccc3c2O[C@@H]2COc4cc(CO)c(OC)cc4[C@@H]2C3=NOCC(=O)NCCOCCOCCOCCOCCOCCOCCOCCOCCC(=O)O)O1. The molecule has 2 aromatic rings. The van der Waals surface area contributed by atoms with Gasteiger partial charge in [0, 0.05) is 35.2 Å². The number of hydrogen-bond donors (Lipinski definition) is 3. The molecule has 0 aromatic heterocycles. The highest BCUT2D eigenvalue weighted by Gasteiger charge is 2.45. The number of aliphatic carboxylic acids is 1. The first kappa shape index (κ1) is 49.4. The highest BCUT2D eigenvalue weighted by Crippen LogP contribution is 2.49. The lowest BCUT2D eigenvalue weighted by Gasteiger charge is -2.39. The number of aliphatic hydroxyl groups is 1. The molecule has 2 aromatic carbocycles. The van der Waals surface area contributed by atoms with Gasteiger partial charge in [-0.1, -0.05) is 11.7 Å². The molecular formula is C44H62N2O17. The average molecular weight is 891 g/mol. The molecule has 3 atom stereocenters. The summed E-state index contributed by atoms with van der Waals surface area (Å²) in [5, 5.41) is 25.8. The van der Waals surface area contributed by atoms with Crippen LogP contribution in [-0.4, -0.2) is 173 Å². The monoisotopic (exact) mass is 890 g/mol. The van der Waals surface area contributed by atoms with E-state index in [1.807, 2.05) is 25.1 Å². The quantitative estimate of drug-likeness (QED) is 0.0533. The Labute approximate surface area is 367 Å². The van der Waals surface area contributed by atoms with Crippen molar-refractivity contribution < 1.29 is 81.5 Å². The summed E-state index contributed by atoms with van der Waals surface area (Å²) in [7, 11) is 1.54. The second-order valence-corrected chi connectivity index (χ2v) is 14.5. The van der Waals surface area contributed by atoms with E-state index in [4.69, 9.17) is 66.8 Å². The first-order valence-electron chi connectivity index (χ1n) is 21.2. The highest BCUT2D eigenvalue weighted by molar-refractivity contribution is 6.09. The molecule has 5 rings (SSSR count). The molecule has 3 aliphatic heterocycles. The van der Waals surface area contributed by atoms with Crippen LogP contribution in [0, 0.1) is 0 Å². The zero-order valence-electron chi connectivity index (χ0n) is 36.3. The Balaban J connectivity index is 0.898. The number of methoxy groups -OCH3 is 1. The van der Waals surface area contributed by atoms with E-state index in [1.165, 1.54) is 0 Å². The Morgan fingerprint density at radius 2 is 1.37 bits per heavy atom. The van der Waals surface area contributed by atoms with Crippen molar-refractivity contribution in [3.63, 3.8) is 0 Å². The number of oxime groups is 1. The van der Waals surface area contributed by atoms with E-state index in [-0.39, 0.29) is 51.4 Å². The number of hydrogen-bond acceptors (Lipinski definition) is 17. The molecule has 3 N–H and O–H groups in total. The van der Waals surface area contributed by atoms with Crippen LogP contribution < -0.4 is 24.3 Å². The van der Waals surface area contributed by atoms with Crippen molar-refractivity contribution in [1.82, 2.24) is 5.32 Å². The van der Waals surface area contributed by atoms with Crippen molar-refractivity contribution in [1.29, 1.82) is 0 Å². The van der Waals surface area contributed by atoms with Crippen LogP contribution >= 0.6 is 0 Å². The number of nitrogens with zero attached hydrogens (tertiary/aromatic N) is 1. The molecule has 1 amide bonds. The standard InChI is InChI=1S/C44H62N2O17/c1-30(2)36-26-34-35(62-36)5-4-32-43(42-33-25-37(51-3)31(27-47)24-38(33)60-28-39(42)63-44(32)34)46-61-29-40(48)45-7-9-53-11-13-55-15-17-57-19-21-59-23-22-58-20-18-56-16-14-54-12-10-52-8-6-41(49)50/h4-5,24-25,36,39,42,47H,1,6-23,26-29H2,2-3H3,(H,45,48)(H,49,50)/t36-,39-,42+/m1/s1. The summed E-state index contributed by atoms with van der Waals surface area (Å²) in [5.74, 6) is 0.809. The molecule has 0 unspecified atom stereocenters. The van der Waals surface area contributed by atoms with Gasteiger partial charge in [0.25, 0.3) is 5.91 Å². The van der Waals surface area contributed by atoms with E-state index >= 15 is 0 Å². The molecular weight excluding hydrogens is 828 g/mol. The third-order valence-corrected chi connectivity index (χ3v) is 9.95. The van der Waals surface area contributed by atoms with Crippen LogP contribution in [0.2, 0.25) is 0 Å². The van der Waals surface area contributed by atoms with Gasteiger partial charge in [0.1, 0.15) is 47.5 Å². The minimum absolute atomic E-state index is 0.0174. The van der Waals surface area contributed by atoms with Crippen LogP contribution in [0.5, 0.6) is 23.0 Å². The molecule has 63 heavy (non-hydrogen) atoms. The number of fused-ring (bicyclic) bond motifs is 6. The molecule has 0 saturated heterocycles. The maximum atomic E-state index is 12.7. The van der Waals surface area contributed by atoms with Crippen molar-refractivity contribution in [3.05, 3.63) is 58.7 Å². The van der Waals surface area contributed by atoms with Crippen LogP contribution in [0.25, 0.3) is 0 Å². The molecule has 0 fully saturated rings. The highest BCUT2D eigenvalue weighted by atomic mass is 16.6. The fraction of sp³-hybridized carbons (Fsp3) is 0.614. The van der Waals surface area contributed by atoms with Crippen LogP contribution in [0.4, 0.5) is 0 Å². The molecule has 0 radical (unpaired) electrons. The second kappa shape index (κ2) is 27.6. The second-order valence-electron chi connectivity index (χ2n) is 14.5. The minimum Gasteiger partial charge on any atom is -0.496 e. The first-order chi connectivity index (χ1) is 30.8. The lowest BCUT2D eigenvalue weighted by molar-refractivity contribution is -0.138. The maximum Gasteiger partial charge on any atom is 0.305 e.